The fraction of sp³-hybridized carbons (Fsp3) is 0.185. The molecule has 0 unspecified atom stereocenters. The zero-order valence-corrected chi connectivity index (χ0v) is 19.4. The Morgan fingerprint density at radius 1 is 0.944 bits per heavy atom. The highest BCUT2D eigenvalue weighted by Gasteiger charge is 2.27. The maximum Gasteiger partial charge on any atom is 0.306 e. The number of aromatic amines is 1. The van der Waals surface area contributed by atoms with Crippen LogP contribution in [0.5, 0.6) is 0 Å². The molecule has 2 aromatic heterocycles. The number of hydrogen-bond acceptors (Lipinski definition) is 6. The van der Waals surface area contributed by atoms with Crippen LogP contribution in [0.2, 0.25) is 0 Å². The van der Waals surface area contributed by atoms with Crippen LogP contribution in [-0.4, -0.2) is 44.9 Å². The molecule has 5 rings (SSSR count). The number of amides is 1. The molecule has 36 heavy (non-hydrogen) atoms. The molecule has 6 N–H and O–H groups in total. The van der Waals surface area contributed by atoms with Crippen LogP contribution in [-0.2, 0) is 4.79 Å². The van der Waals surface area contributed by atoms with Gasteiger partial charge in [0.05, 0.1) is 17.1 Å². The Hall–Kier alpha value is -4.66. The maximum absolute atomic E-state index is 12.9. The fourth-order valence-electron chi connectivity index (χ4n) is 4.57. The van der Waals surface area contributed by atoms with Crippen molar-refractivity contribution in [1.82, 2.24) is 14.9 Å². The summed E-state index contributed by atoms with van der Waals surface area (Å²) in [4.78, 5) is 44.5. The van der Waals surface area contributed by atoms with Crippen LogP contribution >= 0.6 is 0 Å². The minimum atomic E-state index is -0.803. The summed E-state index contributed by atoms with van der Waals surface area (Å²) in [6.45, 7) is 0.866. The minimum Gasteiger partial charge on any atom is -0.481 e. The van der Waals surface area contributed by atoms with Gasteiger partial charge in [-0.05, 0) is 60.4 Å². The molecule has 0 bridgehead atoms. The average Bonchev–Trinajstić information content (AvgIpc) is 2.89. The van der Waals surface area contributed by atoms with E-state index in [1.165, 1.54) is 0 Å². The first-order valence-corrected chi connectivity index (χ1v) is 11.6. The number of carbonyl (C=O) groups excluding carboxylic acids is 1. The number of pyridine rings is 2. The summed E-state index contributed by atoms with van der Waals surface area (Å²) in [7, 11) is 0. The highest BCUT2D eigenvalue weighted by molar-refractivity contribution is 5.96. The second kappa shape index (κ2) is 9.18. The topological polar surface area (TPSA) is 155 Å². The van der Waals surface area contributed by atoms with Gasteiger partial charge in [-0.15, -0.1) is 0 Å². The molecular weight excluding hydrogens is 458 g/mol. The van der Waals surface area contributed by atoms with Gasteiger partial charge in [-0.1, -0.05) is 18.2 Å². The molecule has 0 saturated carbocycles. The van der Waals surface area contributed by atoms with E-state index in [0.717, 1.165) is 33.2 Å². The van der Waals surface area contributed by atoms with Gasteiger partial charge >= 0.3 is 5.97 Å². The van der Waals surface area contributed by atoms with E-state index >= 15 is 0 Å². The average molecular weight is 484 g/mol. The predicted molar refractivity (Wildman–Crippen MR) is 138 cm³/mol. The number of likely N-dealkylation sites (tertiary alicyclic amines) is 1. The quantitative estimate of drug-likeness (QED) is 0.347. The molecule has 182 valence electrons. The number of fused-ring (bicyclic) bond motifs is 1. The molecule has 1 fully saturated rings. The van der Waals surface area contributed by atoms with Crippen molar-refractivity contribution in [2.24, 2.45) is 5.92 Å². The molecule has 0 spiro atoms. The Kier molecular flexibility index (Phi) is 5.89. The smallest absolute Gasteiger partial charge is 0.306 e. The Labute approximate surface area is 206 Å². The van der Waals surface area contributed by atoms with E-state index in [-0.39, 0.29) is 23.1 Å². The van der Waals surface area contributed by atoms with E-state index in [9.17, 15) is 14.4 Å². The summed E-state index contributed by atoms with van der Waals surface area (Å²) in [5.41, 5.74) is 16.3. The summed E-state index contributed by atoms with van der Waals surface area (Å²) in [5.74, 6) is -0.928. The highest BCUT2D eigenvalue weighted by atomic mass is 16.4. The van der Waals surface area contributed by atoms with Crippen LogP contribution in [0.1, 0.15) is 23.2 Å². The van der Waals surface area contributed by atoms with Gasteiger partial charge in [0, 0.05) is 41.4 Å². The molecule has 3 heterocycles. The molecule has 0 radical (unpaired) electrons. The Balaban J connectivity index is 1.41. The lowest BCUT2D eigenvalue weighted by Crippen LogP contribution is -2.40. The lowest BCUT2D eigenvalue weighted by Gasteiger charge is -2.30. The van der Waals surface area contributed by atoms with Crippen molar-refractivity contribution in [2.75, 3.05) is 24.6 Å². The number of nitrogens with two attached hydrogens (primary N) is 2. The molecule has 9 heteroatoms. The third-order valence-electron chi connectivity index (χ3n) is 6.68. The van der Waals surface area contributed by atoms with Gasteiger partial charge in [-0.2, -0.15) is 0 Å². The van der Waals surface area contributed by atoms with Crippen LogP contribution in [0.25, 0.3) is 33.2 Å². The van der Waals surface area contributed by atoms with E-state index in [1.54, 1.807) is 29.3 Å². The van der Waals surface area contributed by atoms with Gasteiger partial charge in [0.25, 0.3) is 11.5 Å². The molecule has 0 aliphatic carbocycles. The van der Waals surface area contributed by atoms with Gasteiger partial charge < -0.3 is 26.5 Å². The summed E-state index contributed by atoms with van der Waals surface area (Å²) < 4.78 is 0. The summed E-state index contributed by atoms with van der Waals surface area (Å²) >= 11 is 0. The van der Waals surface area contributed by atoms with Gasteiger partial charge in [-0.25, -0.2) is 4.98 Å². The number of H-pyrrole nitrogens is 1. The number of anilines is 2. The fourth-order valence-corrected chi connectivity index (χ4v) is 4.57. The Bertz CT molecular complexity index is 1540. The highest BCUT2D eigenvalue weighted by Crippen LogP contribution is 2.31. The first kappa shape index (κ1) is 23.1. The second-order valence-corrected chi connectivity index (χ2v) is 8.98. The molecular formula is C27H25N5O4. The number of nitrogens with zero attached hydrogens (tertiary/aromatic N) is 2. The summed E-state index contributed by atoms with van der Waals surface area (Å²) in [6.07, 6.45) is 2.55. The Morgan fingerprint density at radius 3 is 2.31 bits per heavy atom. The zero-order chi connectivity index (χ0) is 25.4. The number of carboxylic acids is 1. The van der Waals surface area contributed by atoms with Crippen molar-refractivity contribution >= 4 is 34.3 Å². The lowest BCUT2D eigenvalue weighted by molar-refractivity contribution is -0.143. The van der Waals surface area contributed by atoms with Crippen molar-refractivity contribution in [1.29, 1.82) is 0 Å². The van der Waals surface area contributed by atoms with Crippen LogP contribution in [0.4, 0.5) is 11.5 Å². The molecule has 1 aliphatic heterocycles. The third-order valence-corrected chi connectivity index (χ3v) is 6.68. The Morgan fingerprint density at radius 2 is 1.64 bits per heavy atom. The number of hydrogen-bond donors (Lipinski definition) is 4. The van der Waals surface area contributed by atoms with E-state index in [1.807, 2.05) is 36.4 Å². The van der Waals surface area contributed by atoms with E-state index < -0.39 is 5.97 Å². The first-order chi connectivity index (χ1) is 17.3. The standard InChI is InChI=1S/C27H25N5O4/c28-22-13-20(14-30-25(22)33)18-5-6-23-19(11-18)12-21(24(29)31-23)15-1-3-16(4-2-15)26(34)32-9-7-17(8-10-32)27(35)36/h1-6,11-14,17H,7-10,28H2,(H2,29,31)(H,30,33)(H,35,36). The first-order valence-electron chi connectivity index (χ1n) is 11.6. The van der Waals surface area contributed by atoms with E-state index in [0.29, 0.717) is 37.3 Å². The van der Waals surface area contributed by atoms with Gasteiger partial charge in [0.15, 0.2) is 0 Å². The number of piperidine rings is 1. The van der Waals surface area contributed by atoms with Gasteiger partial charge in [-0.3, -0.25) is 14.4 Å². The number of benzene rings is 2. The van der Waals surface area contributed by atoms with Gasteiger partial charge in [0.1, 0.15) is 5.82 Å². The number of nitrogens with one attached hydrogen (secondary N) is 1. The van der Waals surface area contributed by atoms with Crippen molar-refractivity contribution < 1.29 is 14.7 Å². The van der Waals surface area contributed by atoms with Crippen LogP contribution in [0, 0.1) is 5.92 Å². The van der Waals surface area contributed by atoms with Crippen LogP contribution < -0.4 is 17.0 Å². The van der Waals surface area contributed by atoms with Crippen LogP contribution in [0.3, 0.4) is 0 Å². The number of aromatic nitrogens is 2. The zero-order valence-electron chi connectivity index (χ0n) is 19.4. The van der Waals surface area contributed by atoms with Crippen LogP contribution in [0.15, 0.2) is 65.6 Å². The number of nitrogen functional groups attached to an aromatic ring is 2. The van der Waals surface area contributed by atoms with Crippen molar-refractivity contribution in [3.05, 3.63) is 76.7 Å². The maximum atomic E-state index is 12.9. The van der Waals surface area contributed by atoms with Gasteiger partial charge in [0.2, 0.25) is 0 Å². The lowest BCUT2D eigenvalue weighted by atomic mass is 9.96. The van der Waals surface area contributed by atoms with E-state index in [2.05, 4.69) is 9.97 Å². The normalized spacial score (nSPS) is 14.2. The van der Waals surface area contributed by atoms with Crippen molar-refractivity contribution in [3.8, 4) is 22.3 Å². The second-order valence-electron chi connectivity index (χ2n) is 8.98. The molecule has 1 amide bonds. The van der Waals surface area contributed by atoms with Crippen molar-refractivity contribution in [2.45, 2.75) is 12.8 Å². The summed E-state index contributed by atoms with van der Waals surface area (Å²) in [6, 6.07) is 16.5. The van der Waals surface area contributed by atoms with E-state index in [4.69, 9.17) is 16.6 Å². The van der Waals surface area contributed by atoms with Crippen molar-refractivity contribution in [3.63, 3.8) is 0 Å². The minimum absolute atomic E-state index is 0.111. The summed E-state index contributed by atoms with van der Waals surface area (Å²) in [5, 5.41) is 10.0. The molecule has 9 nitrogen and oxygen atoms in total. The molecule has 0 atom stereocenters. The predicted octanol–water partition coefficient (Wildman–Crippen LogP) is 3.36. The number of carboxylic acid groups (broad SMARTS) is 1. The monoisotopic (exact) mass is 483 g/mol. The third kappa shape index (κ3) is 4.38. The molecule has 2 aromatic carbocycles. The molecule has 1 aliphatic rings. The SMILES string of the molecule is Nc1nc2ccc(-c3c[nH]c(=O)c(N)c3)cc2cc1-c1ccc(C(=O)N2CCC(C(=O)O)CC2)cc1. The number of aliphatic carboxylic acids is 1. The number of rotatable bonds is 4. The number of carbonyl (C=O) groups is 2. The largest absolute Gasteiger partial charge is 0.481 e. The molecule has 4 aromatic rings. The molecule has 1 saturated heterocycles.